The molecule has 0 bridgehead atoms. The molecule has 1 aliphatic heterocycles. The second-order valence-corrected chi connectivity index (χ2v) is 8.83. The van der Waals surface area contributed by atoms with Crippen molar-refractivity contribution in [2.75, 3.05) is 44.2 Å². The summed E-state index contributed by atoms with van der Waals surface area (Å²) in [5, 5.41) is 0.587. The Morgan fingerprint density at radius 2 is 1.59 bits per heavy atom. The van der Waals surface area contributed by atoms with Crippen LogP contribution in [-0.2, 0) is 15.8 Å². The Morgan fingerprint density at radius 1 is 0.963 bits per heavy atom. The van der Waals surface area contributed by atoms with Crippen molar-refractivity contribution in [3.8, 4) is 0 Å². The number of halogens is 2. The number of nitrogens with zero attached hydrogens (tertiary/aromatic N) is 2. The average Bonchev–Trinajstić information content (AvgIpc) is 2.65. The number of anilines is 1. The number of rotatable bonds is 7. The summed E-state index contributed by atoms with van der Waals surface area (Å²) >= 11 is 5.82. The highest BCUT2D eigenvalue weighted by Gasteiger charge is 2.18. The summed E-state index contributed by atoms with van der Waals surface area (Å²) in [4.78, 5) is 4.44. The zero-order valence-electron chi connectivity index (χ0n) is 14.9. The lowest BCUT2D eigenvalue weighted by Crippen LogP contribution is -2.48. The molecule has 8 heteroatoms. The molecule has 1 N–H and O–H groups in total. The number of piperazine rings is 1. The first-order valence-corrected chi connectivity index (χ1v) is 10.9. The average molecular weight is 412 g/mol. The Bertz CT molecular complexity index is 836. The van der Waals surface area contributed by atoms with E-state index in [2.05, 4.69) is 14.5 Å². The van der Waals surface area contributed by atoms with E-state index in [9.17, 15) is 12.8 Å². The van der Waals surface area contributed by atoms with Crippen LogP contribution in [0.15, 0.2) is 48.5 Å². The summed E-state index contributed by atoms with van der Waals surface area (Å²) < 4.78 is 40.1. The van der Waals surface area contributed by atoms with Gasteiger partial charge in [0.2, 0.25) is 10.0 Å². The molecule has 146 valence electrons. The predicted octanol–water partition coefficient (Wildman–Crippen LogP) is 2.72. The molecule has 2 aromatic rings. The Morgan fingerprint density at radius 3 is 2.22 bits per heavy atom. The van der Waals surface area contributed by atoms with E-state index in [1.54, 1.807) is 36.4 Å². The van der Waals surface area contributed by atoms with Crippen molar-refractivity contribution in [1.82, 2.24) is 9.62 Å². The topological polar surface area (TPSA) is 52.7 Å². The van der Waals surface area contributed by atoms with Crippen LogP contribution in [0.1, 0.15) is 5.56 Å². The van der Waals surface area contributed by atoms with Crippen molar-refractivity contribution in [2.24, 2.45) is 0 Å². The van der Waals surface area contributed by atoms with Crippen LogP contribution in [0, 0.1) is 5.82 Å². The molecular weight excluding hydrogens is 389 g/mol. The van der Waals surface area contributed by atoms with Gasteiger partial charge in [0.25, 0.3) is 0 Å². The van der Waals surface area contributed by atoms with Gasteiger partial charge in [0.1, 0.15) is 5.82 Å². The molecule has 1 aliphatic rings. The zero-order valence-corrected chi connectivity index (χ0v) is 16.5. The van der Waals surface area contributed by atoms with E-state index >= 15 is 0 Å². The van der Waals surface area contributed by atoms with Crippen LogP contribution in [0.5, 0.6) is 0 Å². The minimum Gasteiger partial charge on any atom is -0.369 e. The molecule has 0 unspecified atom stereocenters. The minimum absolute atomic E-state index is 0.0531. The van der Waals surface area contributed by atoms with E-state index in [-0.39, 0.29) is 11.6 Å². The molecule has 0 saturated carbocycles. The molecule has 3 rings (SSSR count). The van der Waals surface area contributed by atoms with Crippen molar-refractivity contribution in [1.29, 1.82) is 0 Å². The molecule has 0 aromatic heterocycles. The summed E-state index contributed by atoms with van der Waals surface area (Å²) in [5.41, 5.74) is 1.72. The van der Waals surface area contributed by atoms with Crippen LogP contribution >= 0.6 is 11.6 Å². The number of hydrogen-bond acceptors (Lipinski definition) is 4. The number of hydrogen-bond donors (Lipinski definition) is 1. The Kier molecular flexibility index (Phi) is 6.70. The molecule has 1 saturated heterocycles. The Balaban J connectivity index is 1.40. The van der Waals surface area contributed by atoms with E-state index < -0.39 is 10.0 Å². The molecule has 0 aliphatic carbocycles. The lowest BCUT2D eigenvalue weighted by molar-refractivity contribution is 0.262. The highest BCUT2D eigenvalue weighted by atomic mass is 35.5. The Hall–Kier alpha value is -1.67. The highest BCUT2D eigenvalue weighted by molar-refractivity contribution is 7.88. The lowest BCUT2D eigenvalue weighted by Gasteiger charge is -2.36. The van der Waals surface area contributed by atoms with Gasteiger partial charge in [-0.3, -0.25) is 4.90 Å². The molecule has 1 fully saturated rings. The van der Waals surface area contributed by atoms with Gasteiger partial charge in [-0.05, 0) is 42.0 Å². The first-order chi connectivity index (χ1) is 12.9. The maximum Gasteiger partial charge on any atom is 0.215 e. The third-order valence-electron chi connectivity index (χ3n) is 4.58. The van der Waals surface area contributed by atoms with E-state index in [0.29, 0.717) is 23.7 Å². The third-order valence-corrected chi connectivity index (χ3v) is 6.19. The highest BCUT2D eigenvalue weighted by Crippen LogP contribution is 2.17. The van der Waals surface area contributed by atoms with Crippen LogP contribution in [-0.4, -0.2) is 52.6 Å². The molecular formula is C19H23ClFN3O2S. The van der Waals surface area contributed by atoms with Crippen molar-refractivity contribution in [2.45, 2.75) is 5.75 Å². The fourth-order valence-corrected chi connectivity index (χ4v) is 4.35. The van der Waals surface area contributed by atoms with Crippen LogP contribution in [0.2, 0.25) is 5.02 Å². The van der Waals surface area contributed by atoms with Crippen LogP contribution in [0.4, 0.5) is 10.1 Å². The number of sulfonamides is 1. The van der Waals surface area contributed by atoms with Gasteiger partial charge >= 0.3 is 0 Å². The minimum atomic E-state index is -3.37. The maximum absolute atomic E-state index is 13.0. The standard InChI is InChI=1S/C19H23ClFN3O2S/c20-17-3-1-16(2-4-17)15-27(25,26)22-9-10-23-11-13-24(14-12-23)19-7-5-18(21)6-8-19/h1-8,22H,9-15H2. The molecule has 27 heavy (non-hydrogen) atoms. The van der Waals surface area contributed by atoms with Crippen molar-refractivity contribution in [3.63, 3.8) is 0 Å². The van der Waals surface area contributed by atoms with Gasteiger partial charge < -0.3 is 4.90 Å². The van der Waals surface area contributed by atoms with Gasteiger partial charge in [-0.2, -0.15) is 0 Å². The molecule has 5 nitrogen and oxygen atoms in total. The van der Waals surface area contributed by atoms with Crippen LogP contribution < -0.4 is 9.62 Å². The predicted molar refractivity (Wildman–Crippen MR) is 107 cm³/mol. The van der Waals surface area contributed by atoms with E-state index in [1.165, 1.54) is 12.1 Å². The lowest BCUT2D eigenvalue weighted by atomic mass is 10.2. The normalized spacial score (nSPS) is 15.9. The second kappa shape index (κ2) is 9.01. The molecule has 0 spiro atoms. The smallest absolute Gasteiger partial charge is 0.215 e. The molecule has 0 amide bonds. The first kappa shape index (κ1) is 20.1. The summed E-state index contributed by atoms with van der Waals surface area (Å²) in [5.74, 6) is -0.286. The fourth-order valence-electron chi connectivity index (χ4n) is 3.09. The van der Waals surface area contributed by atoms with Crippen LogP contribution in [0.25, 0.3) is 0 Å². The van der Waals surface area contributed by atoms with Crippen molar-refractivity contribution in [3.05, 3.63) is 64.9 Å². The number of benzene rings is 2. The van der Waals surface area contributed by atoms with Gasteiger partial charge in [0, 0.05) is 50.0 Å². The van der Waals surface area contributed by atoms with Gasteiger partial charge in [0.15, 0.2) is 0 Å². The SMILES string of the molecule is O=S(=O)(Cc1ccc(Cl)cc1)NCCN1CCN(c2ccc(F)cc2)CC1. The molecule has 0 radical (unpaired) electrons. The largest absolute Gasteiger partial charge is 0.369 e. The number of nitrogens with one attached hydrogen (secondary N) is 1. The van der Waals surface area contributed by atoms with Gasteiger partial charge in [-0.25, -0.2) is 17.5 Å². The van der Waals surface area contributed by atoms with E-state index in [4.69, 9.17) is 11.6 Å². The van der Waals surface area contributed by atoms with E-state index in [0.717, 1.165) is 31.9 Å². The summed E-state index contributed by atoms with van der Waals surface area (Å²) in [6.45, 7) is 4.41. The monoisotopic (exact) mass is 411 g/mol. The van der Waals surface area contributed by atoms with Crippen LogP contribution in [0.3, 0.4) is 0 Å². The third kappa shape index (κ3) is 6.17. The van der Waals surface area contributed by atoms with Gasteiger partial charge in [0.05, 0.1) is 5.75 Å². The zero-order chi connectivity index (χ0) is 19.3. The van der Waals surface area contributed by atoms with Crippen molar-refractivity contribution >= 4 is 27.3 Å². The summed E-state index contributed by atoms with van der Waals surface area (Å²) in [6.07, 6.45) is 0. The Labute approximate surface area is 164 Å². The fraction of sp³-hybridized carbons (Fsp3) is 0.368. The molecule has 0 atom stereocenters. The van der Waals surface area contributed by atoms with Gasteiger partial charge in [-0.15, -0.1) is 0 Å². The van der Waals surface area contributed by atoms with E-state index in [1.807, 2.05) is 0 Å². The maximum atomic E-state index is 13.0. The summed E-state index contributed by atoms with van der Waals surface area (Å²) in [6, 6.07) is 13.3. The van der Waals surface area contributed by atoms with Gasteiger partial charge in [-0.1, -0.05) is 23.7 Å². The summed E-state index contributed by atoms with van der Waals surface area (Å²) in [7, 11) is -3.37. The molecule has 2 aromatic carbocycles. The quantitative estimate of drug-likeness (QED) is 0.761. The first-order valence-electron chi connectivity index (χ1n) is 8.86. The van der Waals surface area contributed by atoms with Crippen molar-refractivity contribution < 1.29 is 12.8 Å². The molecule has 1 heterocycles. The second-order valence-electron chi connectivity index (χ2n) is 6.58.